The molecule has 2 aromatic heterocycles. The summed E-state index contributed by atoms with van der Waals surface area (Å²) in [6.45, 7) is 0.917. The number of nitrogens with zero attached hydrogens (tertiary/aromatic N) is 3. The number of rotatable bonds is 1. The molecular weight excluding hydrogens is 202 g/mol. The van der Waals surface area contributed by atoms with E-state index in [1.165, 1.54) is 12.8 Å². The van der Waals surface area contributed by atoms with Crippen molar-refractivity contribution in [2.45, 2.75) is 19.3 Å². The lowest BCUT2D eigenvalue weighted by Gasteiger charge is -2.11. The smallest absolute Gasteiger partial charge is 0.208 e. The lowest BCUT2D eigenvalue weighted by molar-refractivity contribution is 0.736. The quantitative estimate of drug-likeness (QED) is 0.764. The Labute approximate surface area is 93.0 Å². The van der Waals surface area contributed by atoms with Gasteiger partial charge in [0, 0.05) is 19.2 Å². The van der Waals surface area contributed by atoms with Crippen LogP contribution in [0.1, 0.15) is 19.3 Å². The molecule has 16 heavy (non-hydrogen) atoms. The van der Waals surface area contributed by atoms with Gasteiger partial charge in [-0.3, -0.25) is 4.99 Å². The van der Waals surface area contributed by atoms with Gasteiger partial charge in [-0.2, -0.15) is 4.98 Å². The number of anilines is 1. The highest BCUT2D eigenvalue weighted by Crippen LogP contribution is 2.13. The van der Waals surface area contributed by atoms with E-state index in [0.717, 1.165) is 35.9 Å². The SMILES string of the molecule is c1cnc2nc(NC3=NCCCC3)[nH]c2c1. The minimum Gasteiger partial charge on any atom is -0.322 e. The molecule has 2 aromatic rings. The van der Waals surface area contributed by atoms with Crippen molar-refractivity contribution in [3.8, 4) is 0 Å². The zero-order valence-electron chi connectivity index (χ0n) is 8.90. The number of fused-ring (bicyclic) bond motifs is 1. The minimum absolute atomic E-state index is 0.731. The van der Waals surface area contributed by atoms with Gasteiger partial charge in [0.2, 0.25) is 5.95 Å². The molecule has 0 aliphatic carbocycles. The summed E-state index contributed by atoms with van der Waals surface area (Å²) in [7, 11) is 0. The van der Waals surface area contributed by atoms with Crippen LogP contribution in [0.5, 0.6) is 0 Å². The second-order valence-corrected chi connectivity index (χ2v) is 3.87. The van der Waals surface area contributed by atoms with Gasteiger partial charge < -0.3 is 10.3 Å². The van der Waals surface area contributed by atoms with Crippen molar-refractivity contribution in [2.24, 2.45) is 4.99 Å². The molecule has 82 valence electrons. The van der Waals surface area contributed by atoms with Crippen molar-refractivity contribution in [2.75, 3.05) is 11.9 Å². The van der Waals surface area contributed by atoms with Gasteiger partial charge in [-0.05, 0) is 25.0 Å². The van der Waals surface area contributed by atoms with Crippen LogP contribution in [0.2, 0.25) is 0 Å². The fourth-order valence-corrected chi connectivity index (χ4v) is 1.84. The van der Waals surface area contributed by atoms with Gasteiger partial charge in [0.25, 0.3) is 0 Å². The predicted molar refractivity (Wildman–Crippen MR) is 63.7 cm³/mol. The van der Waals surface area contributed by atoms with Crippen LogP contribution < -0.4 is 5.32 Å². The maximum absolute atomic E-state index is 4.42. The highest BCUT2D eigenvalue weighted by atomic mass is 15.2. The number of aromatic nitrogens is 3. The lowest BCUT2D eigenvalue weighted by Crippen LogP contribution is -2.16. The van der Waals surface area contributed by atoms with E-state index in [1.54, 1.807) is 6.20 Å². The topological polar surface area (TPSA) is 66.0 Å². The second-order valence-electron chi connectivity index (χ2n) is 3.87. The highest BCUT2D eigenvalue weighted by molar-refractivity contribution is 5.95. The Morgan fingerprint density at radius 3 is 3.12 bits per heavy atom. The number of amidine groups is 1. The van der Waals surface area contributed by atoms with Gasteiger partial charge in [0.05, 0.1) is 5.52 Å². The molecule has 1 aliphatic heterocycles. The third-order valence-corrected chi connectivity index (χ3v) is 2.64. The third-order valence-electron chi connectivity index (χ3n) is 2.64. The van der Waals surface area contributed by atoms with Gasteiger partial charge >= 0.3 is 0 Å². The van der Waals surface area contributed by atoms with Crippen LogP contribution in [-0.4, -0.2) is 27.3 Å². The molecule has 1 aliphatic rings. The maximum atomic E-state index is 4.42. The molecule has 0 radical (unpaired) electrons. The van der Waals surface area contributed by atoms with Crippen molar-refractivity contribution in [1.29, 1.82) is 0 Å². The summed E-state index contributed by atoms with van der Waals surface area (Å²) >= 11 is 0. The van der Waals surface area contributed by atoms with Crippen molar-refractivity contribution in [1.82, 2.24) is 15.0 Å². The Hall–Kier alpha value is -1.91. The Bertz CT molecular complexity index is 495. The van der Waals surface area contributed by atoms with Gasteiger partial charge in [0.1, 0.15) is 5.84 Å². The molecule has 0 atom stereocenters. The number of imidazole rings is 1. The predicted octanol–water partition coefficient (Wildman–Crippen LogP) is 1.95. The summed E-state index contributed by atoms with van der Waals surface area (Å²) in [6, 6.07) is 3.85. The first kappa shape index (κ1) is 9.33. The number of H-pyrrole nitrogens is 1. The van der Waals surface area contributed by atoms with Crippen LogP contribution in [0.4, 0.5) is 5.95 Å². The van der Waals surface area contributed by atoms with Crippen LogP contribution >= 0.6 is 0 Å². The van der Waals surface area contributed by atoms with E-state index in [9.17, 15) is 0 Å². The van der Waals surface area contributed by atoms with E-state index in [4.69, 9.17) is 0 Å². The fraction of sp³-hybridized carbons (Fsp3) is 0.364. The number of aliphatic imine (C=N–C) groups is 1. The first-order valence-electron chi connectivity index (χ1n) is 5.53. The Morgan fingerprint density at radius 2 is 2.31 bits per heavy atom. The normalized spacial score (nSPS) is 16.1. The van der Waals surface area contributed by atoms with E-state index in [2.05, 4.69) is 25.3 Å². The van der Waals surface area contributed by atoms with Crippen molar-refractivity contribution < 1.29 is 0 Å². The molecule has 2 N–H and O–H groups in total. The maximum Gasteiger partial charge on any atom is 0.208 e. The summed E-state index contributed by atoms with van der Waals surface area (Å²) in [5, 5.41) is 3.21. The largest absolute Gasteiger partial charge is 0.322 e. The molecule has 3 heterocycles. The van der Waals surface area contributed by atoms with Crippen molar-refractivity contribution in [3.05, 3.63) is 18.3 Å². The van der Waals surface area contributed by atoms with E-state index < -0.39 is 0 Å². The molecule has 5 heteroatoms. The molecule has 0 fully saturated rings. The molecule has 0 aromatic carbocycles. The minimum atomic E-state index is 0.731. The van der Waals surface area contributed by atoms with Crippen molar-refractivity contribution >= 4 is 22.9 Å². The molecule has 0 bridgehead atoms. The fourth-order valence-electron chi connectivity index (χ4n) is 1.84. The van der Waals surface area contributed by atoms with Gasteiger partial charge in [-0.15, -0.1) is 0 Å². The van der Waals surface area contributed by atoms with E-state index in [1.807, 2.05) is 12.1 Å². The van der Waals surface area contributed by atoms with E-state index in [0.29, 0.717) is 0 Å². The highest BCUT2D eigenvalue weighted by Gasteiger charge is 2.08. The summed E-state index contributed by atoms with van der Waals surface area (Å²) < 4.78 is 0. The first-order valence-corrected chi connectivity index (χ1v) is 5.53. The summed E-state index contributed by atoms with van der Waals surface area (Å²) in [6.07, 6.45) is 5.13. The molecule has 0 saturated heterocycles. The van der Waals surface area contributed by atoms with Gasteiger partial charge in [-0.25, -0.2) is 4.98 Å². The third kappa shape index (κ3) is 1.76. The van der Waals surface area contributed by atoms with E-state index in [-0.39, 0.29) is 0 Å². The summed E-state index contributed by atoms with van der Waals surface area (Å²) in [4.78, 5) is 16.1. The monoisotopic (exact) mass is 215 g/mol. The molecule has 0 amide bonds. The average molecular weight is 215 g/mol. The summed E-state index contributed by atoms with van der Waals surface area (Å²) in [5.74, 6) is 1.75. The lowest BCUT2D eigenvalue weighted by atomic mass is 10.2. The Morgan fingerprint density at radius 1 is 1.31 bits per heavy atom. The number of hydrogen-bond acceptors (Lipinski definition) is 4. The molecular formula is C11H13N5. The van der Waals surface area contributed by atoms with Crippen LogP contribution in [-0.2, 0) is 0 Å². The molecule has 0 saturated carbocycles. The molecule has 0 unspecified atom stereocenters. The second kappa shape index (κ2) is 3.92. The molecule has 3 rings (SSSR count). The summed E-state index contributed by atoms with van der Waals surface area (Å²) in [5.41, 5.74) is 1.68. The number of nitrogens with one attached hydrogen (secondary N) is 2. The van der Waals surface area contributed by atoms with Gasteiger partial charge in [0.15, 0.2) is 5.65 Å². The van der Waals surface area contributed by atoms with Crippen molar-refractivity contribution in [3.63, 3.8) is 0 Å². The molecule has 0 spiro atoms. The van der Waals surface area contributed by atoms with Crippen LogP contribution in [0.25, 0.3) is 11.2 Å². The number of aromatic amines is 1. The first-order chi connectivity index (χ1) is 7.92. The standard InChI is InChI=1S/C11H13N5/c1-2-6-12-9(5-1)15-11-14-8-4-3-7-13-10(8)16-11/h3-4,7H,1-2,5-6H2,(H2,12,13,14,15,16). The van der Waals surface area contributed by atoms with Gasteiger partial charge in [-0.1, -0.05) is 0 Å². The zero-order valence-corrected chi connectivity index (χ0v) is 8.90. The van der Waals surface area contributed by atoms with E-state index >= 15 is 0 Å². The Kier molecular flexibility index (Phi) is 2.29. The van der Waals surface area contributed by atoms with Crippen LogP contribution in [0.15, 0.2) is 23.3 Å². The number of hydrogen-bond donors (Lipinski definition) is 2. The average Bonchev–Trinajstić information content (AvgIpc) is 2.72. The molecule has 5 nitrogen and oxygen atoms in total. The number of pyridine rings is 1. The van der Waals surface area contributed by atoms with Crippen LogP contribution in [0, 0.1) is 0 Å². The van der Waals surface area contributed by atoms with Crippen LogP contribution in [0.3, 0.4) is 0 Å². The Balaban J connectivity index is 1.86. The zero-order chi connectivity index (χ0) is 10.8.